The Morgan fingerprint density at radius 1 is 1.29 bits per heavy atom. The number of thiophene rings is 1. The van der Waals surface area contributed by atoms with E-state index in [1.165, 1.54) is 23.1 Å². The van der Waals surface area contributed by atoms with Gasteiger partial charge in [0.15, 0.2) is 0 Å². The summed E-state index contributed by atoms with van der Waals surface area (Å²) in [7, 11) is 0. The summed E-state index contributed by atoms with van der Waals surface area (Å²) in [5.41, 5.74) is 0.995. The molecule has 0 saturated carbocycles. The smallest absolute Gasteiger partial charge is 0.283 e. The second-order valence-corrected chi connectivity index (χ2v) is 6.86. The Hall–Kier alpha value is -1.44. The number of rotatable bonds is 4. The lowest BCUT2D eigenvalue weighted by atomic mass is 10.3. The van der Waals surface area contributed by atoms with Gasteiger partial charge in [0, 0.05) is 5.69 Å². The summed E-state index contributed by atoms with van der Waals surface area (Å²) in [5, 5.41) is 9.32. The second kappa shape index (κ2) is 6.13. The van der Waals surface area contributed by atoms with Crippen molar-refractivity contribution in [3.8, 4) is 10.8 Å². The third kappa shape index (κ3) is 3.42. The highest BCUT2D eigenvalue weighted by Gasteiger charge is 2.13. The molecule has 0 unspecified atom stereocenters. The van der Waals surface area contributed by atoms with Gasteiger partial charge in [0.05, 0.1) is 9.21 Å². The van der Waals surface area contributed by atoms with E-state index in [2.05, 4.69) is 27.1 Å². The molecule has 0 aliphatic rings. The van der Waals surface area contributed by atoms with Crippen molar-refractivity contribution in [3.05, 3.63) is 34.1 Å². The second-order valence-electron chi connectivity index (χ2n) is 4.18. The first-order valence-electron chi connectivity index (χ1n) is 6.25. The summed E-state index contributed by atoms with van der Waals surface area (Å²) in [6.07, 6.45) is 0.861. The van der Waals surface area contributed by atoms with E-state index in [4.69, 9.17) is 16.0 Å². The predicted molar refractivity (Wildman–Crippen MR) is 82.9 cm³/mol. The molecule has 0 bridgehead atoms. The maximum atomic E-state index is 5.90. The average molecular weight is 339 g/mol. The van der Waals surface area contributed by atoms with Crippen LogP contribution in [0.2, 0.25) is 4.34 Å². The highest BCUT2D eigenvalue weighted by atomic mass is 35.5. The highest BCUT2D eigenvalue weighted by Crippen LogP contribution is 2.33. The first-order chi connectivity index (χ1) is 10.1. The zero-order chi connectivity index (χ0) is 14.8. The molecular weight excluding hydrogens is 328 g/mol. The van der Waals surface area contributed by atoms with Gasteiger partial charge in [0.1, 0.15) is 10.9 Å². The Balaban J connectivity index is 1.83. The number of aromatic nitrogens is 4. The van der Waals surface area contributed by atoms with Crippen molar-refractivity contribution in [1.29, 1.82) is 0 Å². The Kier molecular flexibility index (Phi) is 4.23. The lowest BCUT2D eigenvalue weighted by molar-refractivity contribution is 0.466. The fraction of sp³-hybridized carbons (Fsp3) is 0.231. The van der Waals surface area contributed by atoms with Crippen LogP contribution in [0.3, 0.4) is 0 Å². The maximum Gasteiger partial charge on any atom is 0.283 e. The first kappa shape index (κ1) is 14.5. The number of hydrogen-bond donors (Lipinski definition) is 0. The molecule has 0 radical (unpaired) electrons. The fourth-order valence-electron chi connectivity index (χ4n) is 1.70. The Bertz CT molecular complexity index is 771. The van der Waals surface area contributed by atoms with Gasteiger partial charge >= 0.3 is 0 Å². The summed E-state index contributed by atoms with van der Waals surface area (Å²) in [6.45, 7) is 3.93. The zero-order valence-electron chi connectivity index (χ0n) is 11.3. The molecular formula is C13H11ClN4OS2. The Morgan fingerprint density at radius 2 is 2.14 bits per heavy atom. The molecule has 0 saturated heterocycles. The quantitative estimate of drug-likeness (QED) is 0.662. The molecule has 0 fully saturated rings. The number of aryl methyl sites for hydroxylation is 2. The van der Waals surface area contributed by atoms with Crippen LogP contribution in [0.15, 0.2) is 32.9 Å². The number of nitrogens with zero attached hydrogens (tertiary/aromatic N) is 4. The highest BCUT2D eigenvalue weighted by molar-refractivity contribution is 7.99. The van der Waals surface area contributed by atoms with Crippen LogP contribution in [0.1, 0.15) is 18.4 Å². The van der Waals surface area contributed by atoms with Crippen molar-refractivity contribution in [2.24, 2.45) is 0 Å². The molecule has 3 aromatic rings. The van der Waals surface area contributed by atoms with Crippen LogP contribution in [0.25, 0.3) is 10.8 Å². The summed E-state index contributed by atoms with van der Waals surface area (Å²) in [6, 6.07) is 5.60. The normalized spacial score (nSPS) is 11.0. The van der Waals surface area contributed by atoms with Crippen LogP contribution in [0.5, 0.6) is 0 Å². The van der Waals surface area contributed by atoms with E-state index in [-0.39, 0.29) is 0 Å². The van der Waals surface area contributed by atoms with Crippen molar-refractivity contribution in [2.75, 3.05) is 0 Å². The largest absolute Gasteiger partial charge is 0.410 e. The van der Waals surface area contributed by atoms with Crippen LogP contribution < -0.4 is 0 Å². The van der Waals surface area contributed by atoms with Gasteiger partial charge in [-0.2, -0.15) is 0 Å². The van der Waals surface area contributed by atoms with Crippen molar-refractivity contribution < 1.29 is 4.42 Å². The molecule has 108 valence electrons. The van der Waals surface area contributed by atoms with Crippen LogP contribution in [0.4, 0.5) is 0 Å². The monoisotopic (exact) mass is 338 g/mol. The number of halogens is 1. The van der Waals surface area contributed by atoms with Gasteiger partial charge in [-0.1, -0.05) is 18.5 Å². The minimum atomic E-state index is 0.453. The molecule has 21 heavy (non-hydrogen) atoms. The molecule has 3 rings (SSSR count). The van der Waals surface area contributed by atoms with Crippen molar-refractivity contribution in [1.82, 2.24) is 20.2 Å². The molecule has 0 aromatic carbocycles. The van der Waals surface area contributed by atoms with Gasteiger partial charge in [-0.3, -0.25) is 0 Å². The molecule has 0 aliphatic heterocycles. The van der Waals surface area contributed by atoms with Crippen LogP contribution >= 0.6 is 34.7 Å². The van der Waals surface area contributed by atoms with Gasteiger partial charge in [-0.15, -0.1) is 21.5 Å². The van der Waals surface area contributed by atoms with Gasteiger partial charge in [-0.05, 0) is 43.3 Å². The molecule has 8 heteroatoms. The van der Waals surface area contributed by atoms with Crippen molar-refractivity contribution >= 4 is 34.7 Å². The van der Waals surface area contributed by atoms with Crippen molar-refractivity contribution in [2.45, 2.75) is 30.5 Å². The molecule has 0 spiro atoms. The van der Waals surface area contributed by atoms with Gasteiger partial charge in [0.2, 0.25) is 0 Å². The summed E-state index contributed by atoms with van der Waals surface area (Å²) < 4.78 is 6.32. The summed E-state index contributed by atoms with van der Waals surface area (Å²) in [4.78, 5) is 9.57. The van der Waals surface area contributed by atoms with Gasteiger partial charge in [0.25, 0.3) is 11.1 Å². The maximum absolute atomic E-state index is 5.90. The lowest BCUT2D eigenvalue weighted by Gasteiger charge is -2.01. The molecule has 0 aliphatic carbocycles. The van der Waals surface area contributed by atoms with E-state index >= 15 is 0 Å². The van der Waals surface area contributed by atoms with Crippen LogP contribution in [0, 0.1) is 6.92 Å². The topological polar surface area (TPSA) is 64.7 Å². The SMILES string of the molecule is CCc1cc(Sc2nnc(-c3ccc(Cl)s3)o2)nc(C)n1. The van der Waals surface area contributed by atoms with Crippen LogP contribution in [-0.4, -0.2) is 20.2 Å². The minimum Gasteiger partial charge on any atom is -0.410 e. The standard InChI is InChI=1S/C13H11ClN4OS2/c1-3-8-6-11(16-7(2)15-8)21-13-18-17-12(19-13)9-4-5-10(14)20-9/h4-6H,3H2,1-2H3. The van der Waals surface area contributed by atoms with E-state index in [0.29, 0.717) is 15.4 Å². The fourth-order valence-corrected chi connectivity index (χ4v) is 3.42. The molecule has 3 aromatic heterocycles. The average Bonchev–Trinajstić information content (AvgIpc) is 3.07. The van der Waals surface area contributed by atoms with E-state index in [0.717, 1.165) is 27.8 Å². The van der Waals surface area contributed by atoms with E-state index in [1.54, 1.807) is 6.07 Å². The van der Waals surface area contributed by atoms with E-state index < -0.39 is 0 Å². The Morgan fingerprint density at radius 3 is 2.86 bits per heavy atom. The summed E-state index contributed by atoms with van der Waals surface area (Å²) >= 11 is 8.64. The molecule has 0 atom stereocenters. The molecule has 5 nitrogen and oxygen atoms in total. The first-order valence-corrected chi connectivity index (χ1v) is 8.27. The van der Waals surface area contributed by atoms with Gasteiger partial charge in [-0.25, -0.2) is 9.97 Å². The predicted octanol–water partition coefficient (Wildman–Crippen LogP) is 4.26. The van der Waals surface area contributed by atoms with Crippen LogP contribution in [-0.2, 0) is 6.42 Å². The summed E-state index contributed by atoms with van der Waals surface area (Å²) in [5.74, 6) is 1.21. The lowest BCUT2D eigenvalue weighted by Crippen LogP contribution is -1.95. The molecule has 3 heterocycles. The minimum absolute atomic E-state index is 0.453. The number of hydrogen-bond acceptors (Lipinski definition) is 7. The zero-order valence-corrected chi connectivity index (χ0v) is 13.7. The van der Waals surface area contributed by atoms with Gasteiger partial charge < -0.3 is 4.42 Å². The third-order valence-electron chi connectivity index (χ3n) is 2.61. The van der Waals surface area contributed by atoms with Crippen molar-refractivity contribution in [3.63, 3.8) is 0 Å². The van der Waals surface area contributed by atoms with E-state index in [9.17, 15) is 0 Å². The molecule has 0 amide bonds. The third-order valence-corrected chi connectivity index (χ3v) is 4.59. The Labute approximate surface area is 134 Å². The molecule has 0 N–H and O–H groups in total. The van der Waals surface area contributed by atoms with E-state index in [1.807, 2.05) is 19.1 Å².